The molecule has 0 aliphatic carbocycles. The Bertz CT molecular complexity index is 572. The first-order chi connectivity index (χ1) is 10.3. The van der Waals surface area contributed by atoms with Crippen LogP contribution in [-0.4, -0.2) is 39.5 Å². The predicted octanol–water partition coefficient (Wildman–Crippen LogP) is 2.56. The number of hydrogen-bond donors (Lipinski definition) is 1. The first kappa shape index (κ1) is 15.8. The van der Waals surface area contributed by atoms with Crippen molar-refractivity contribution in [1.82, 2.24) is 10.3 Å². The summed E-state index contributed by atoms with van der Waals surface area (Å²) in [6.45, 7) is 2.23. The van der Waals surface area contributed by atoms with E-state index in [4.69, 9.17) is 14.2 Å². The number of methoxy groups -OCH3 is 3. The lowest BCUT2D eigenvalue weighted by molar-refractivity contribution is 0.199. The highest BCUT2D eigenvalue weighted by Gasteiger charge is 2.14. The highest BCUT2D eigenvalue weighted by atomic mass is 32.1. The fraction of sp³-hybridized carbons (Fsp3) is 0.400. The maximum Gasteiger partial charge on any atom is 0.170 e. The number of hydrogen-bond acceptors (Lipinski definition) is 6. The molecule has 0 aliphatic heterocycles. The van der Waals surface area contributed by atoms with E-state index < -0.39 is 0 Å². The quantitative estimate of drug-likeness (QED) is 0.760. The number of thiazole rings is 1. The molecular weight excluding hydrogens is 288 g/mol. The minimum Gasteiger partial charge on any atom is -0.493 e. The van der Waals surface area contributed by atoms with Crippen LogP contribution in [-0.2, 0) is 11.3 Å². The molecule has 0 atom stereocenters. The Balaban J connectivity index is 2.14. The molecule has 21 heavy (non-hydrogen) atoms. The lowest BCUT2D eigenvalue weighted by atomic mass is 10.2. The SMILES string of the molecule is COCCNCc1csc(-c2cccc(OC)c2OC)n1. The largest absolute Gasteiger partial charge is 0.493 e. The van der Waals surface area contributed by atoms with Crippen LogP contribution in [0.2, 0.25) is 0 Å². The van der Waals surface area contributed by atoms with Gasteiger partial charge in [-0.15, -0.1) is 11.3 Å². The van der Waals surface area contributed by atoms with Gasteiger partial charge in [-0.3, -0.25) is 0 Å². The third-order valence-corrected chi connectivity index (χ3v) is 3.90. The van der Waals surface area contributed by atoms with Gasteiger partial charge in [-0.25, -0.2) is 4.98 Å². The number of nitrogens with one attached hydrogen (secondary N) is 1. The minimum atomic E-state index is 0.695. The second-order valence-corrected chi connectivity index (χ2v) is 5.21. The predicted molar refractivity (Wildman–Crippen MR) is 84.2 cm³/mol. The zero-order valence-electron chi connectivity index (χ0n) is 12.5. The van der Waals surface area contributed by atoms with Gasteiger partial charge in [-0.2, -0.15) is 0 Å². The summed E-state index contributed by atoms with van der Waals surface area (Å²) in [7, 11) is 4.97. The Kier molecular flexibility index (Phi) is 5.98. The average molecular weight is 308 g/mol. The van der Waals surface area contributed by atoms with Gasteiger partial charge in [-0.05, 0) is 12.1 Å². The average Bonchev–Trinajstić information content (AvgIpc) is 2.99. The van der Waals surface area contributed by atoms with Crippen molar-refractivity contribution in [3.05, 3.63) is 29.3 Å². The highest BCUT2D eigenvalue weighted by Crippen LogP contribution is 2.38. The smallest absolute Gasteiger partial charge is 0.170 e. The standard InChI is InChI=1S/C15H20N2O3S/c1-18-8-7-16-9-11-10-21-15(17-11)12-5-4-6-13(19-2)14(12)20-3/h4-6,10,16H,7-9H2,1-3H3. The lowest BCUT2D eigenvalue weighted by Crippen LogP contribution is -2.18. The summed E-state index contributed by atoms with van der Waals surface area (Å²) in [5.74, 6) is 1.43. The van der Waals surface area contributed by atoms with Gasteiger partial charge < -0.3 is 19.5 Å². The van der Waals surface area contributed by atoms with Crippen molar-refractivity contribution in [3.63, 3.8) is 0 Å². The topological polar surface area (TPSA) is 52.6 Å². The van der Waals surface area contributed by atoms with Crippen molar-refractivity contribution in [1.29, 1.82) is 0 Å². The van der Waals surface area contributed by atoms with Crippen molar-refractivity contribution in [2.24, 2.45) is 0 Å². The third kappa shape index (κ3) is 3.93. The molecule has 1 N–H and O–H groups in total. The fourth-order valence-electron chi connectivity index (χ4n) is 1.96. The maximum atomic E-state index is 5.45. The van der Waals surface area contributed by atoms with Crippen LogP contribution in [0.25, 0.3) is 10.6 Å². The van der Waals surface area contributed by atoms with Gasteiger partial charge in [-0.1, -0.05) is 6.07 Å². The Labute approximate surface area is 128 Å². The van der Waals surface area contributed by atoms with E-state index in [1.54, 1.807) is 32.7 Å². The molecule has 1 heterocycles. The van der Waals surface area contributed by atoms with Crippen LogP contribution in [0.4, 0.5) is 0 Å². The van der Waals surface area contributed by atoms with E-state index in [0.717, 1.165) is 29.4 Å². The second kappa shape index (κ2) is 7.97. The Hall–Kier alpha value is -1.63. The molecule has 0 amide bonds. The molecule has 0 fully saturated rings. The summed E-state index contributed by atoms with van der Waals surface area (Å²) in [6, 6.07) is 5.81. The molecule has 0 bridgehead atoms. The van der Waals surface area contributed by atoms with Crippen LogP contribution >= 0.6 is 11.3 Å². The molecule has 5 nitrogen and oxygen atoms in total. The first-order valence-corrected chi connectivity index (χ1v) is 7.53. The monoisotopic (exact) mass is 308 g/mol. The van der Waals surface area contributed by atoms with E-state index in [1.807, 2.05) is 23.6 Å². The molecule has 2 aromatic rings. The van der Waals surface area contributed by atoms with Gasteiger partial charge in [0.2, 0.25) is 0 Å². The summed E-state index contributed by atoms with van der Waals surface area (Å²) in [6.07, 6.45) is 0. The molecule has 0 spiro atoms. The van der Waals surface area contributed by atoms with E-state index in [0.29, 0.717) is 18.1 Å². The van der Waals surface area contributed by atoms with Crippen LogP contribution in [0.1, 0.15) is 5.69 Å². The molecule has 6 heteroatoms. The molecule has 2 rings (SSSR count). The van der Waals surface area contributed by atoms with Crippen LogP contribution in [0.3, 0.4) is 0 Å². The minimum absolute atomic E-state index is 0.695. The second-order valence-electron chi connectivity index (χ2n) is 4.35. The van der Waals surface area contributed by atoms with Crippen molar-refractivity contribution in [2.45, 2.75) is 6.54 Å². The number of para-hydroxylation sites is 1. The first-order valence-electron chi connectivity index (χ1n) is 6.65. The summed E-state index contributed by atoms with van der Waals surface area (Å²) in [5.41, 5.74) is 1.96. The van der Waals surface area contributed by atoms with Gasteiger partial charge >= 0.3 is 0 Å². The van der Waals surface area contributed by atoms with Gasteiger partial charge in [0.15, 0.2) is 11.5 Å². The number of ether oxygens (including phenoxy) is 3. The molecule has 1 aromatic heterocycles. The van der Waals surface area contributed by atoms with Gasteiger partial charge in [0.05, 0.1) is 32.1 Å². The summed E-state index contributed by atoms with van der Waals surface area (Å²) < 4.78 is 15.8. The number of rotatable bonds is 8. The third-order valence-electron chi connectivity index (χ3n) is 2.97. The Morgan fingerprint density at radius 3 is 2.76 bits per heavy atom. The summed E-state index contributed by atoms with van der Waals surface area (Å²) >= 11 is 1.60. The molecule has 1 aromatic carbocycles. The number of aromatic nitrogens is 1. The van der Waals surface area contributed by atoms with E-state index in [2.05, 4.69) is 10.3 Å². The molecule has 0 aliphatic rings. The van der Waals surface area contributed by atoms with Gasteiger partial charge in [0.1, 0.15) is 5.01 Å². The molecule has 0 unspecified atom stereocenters. The van der Waals surface area contributed by atoms with Gasteiger partial charge in [0, 0.05) is 25.6 Å². The van der Waals surface area contributed by atoms with E-state index in [9.17, 15) is 0 Å². The summed E-state index contributed by atoms with van der Waals surface area (Å²) in [5, 5.41) is 6.26. The zero-order valence-corrected chi connectivity index (χ0v) is 13.3. The lowest BCUT2D eigenvalue weighted by Gasteiger charge is -2.10. The van der Waals surface area contributed by atoms with Crippen molar-refractivity contribution >= 4 is 11.3 Å². The van der Waals surface area contributed by atoms with Crippen LogP contribution in [0.15, 0.2) is 23.6 Å². The van der Waals surface area contributed by atoms with Gasteiger partial charge in [0.25, 0.3) is 0 Å². The molecular formula is C15H20N2O3S. The molecule has 0 saturated carbocycles. The van der Waals surface area contributed by atoms with Crippen LogP contribution in [0.5, 0.6) is 11.5 Å². The fourth-order valence-corrected chi connectivity index (χ4v) is 2.80. The molecule has 0 radical (unpaired) electrons. The maximum absolute atomic E-state index is 5.45. The number of benzene rings is 1. The molecule has 0 saturated heterocycles. The van der Waals surface area contributed by atoms with E-state index >= 15 is 0 Å². The van der Waals surface area contributed by atoms with E-state index in [-0.39, 0.29) is 0 Å². The summed E-state index contributed by atoms with van der Waals surface area (Å²) in [4.78, 5) is 4.64. The van der Waals surface area contributed by atoms with Crippen molar-refractivity contribution < 1.29 is 14.2 Å². The van der Waals surface area contributed by atoms with Crippen LogP contribution in [0, 0.1) is 0 Å². The number of nitrogens with zero attached hydrogens (tertiary/aromatic N) is 1. The highest BCUT2D eigenvalue weighted by molar-refractivity contribution is 7.13. The van der Waals surface area contributed by atoms with Crippen molar-refractivity contribution in [3.8, 4) is 22.1 Å². The normalized spacial score (nSPS) is 10.6. The zero-order chi connectivity index (χ0) is 15.1. The molecule has 114 valence electrons. The van der Waals surface area contributed by atoms with Crippen molar-refractivity contribution in [2.75, 3.05) is 34.5 Å². The Morgan fingerprint density at radius 2 is 2.05 bits per heavy atom. The van der Waals surface area contributed by atoms with E-state index in [1.165, 1.54) is 0 Å². The van der Waals surface area contributed by atoms with Crippen LogP contribution < -0.4 is 14.8 Å². The Morgan fingerprint density at radius 1 is 1.19 bits per heavy atom.